The van der Waals surface area contributed by atoms with Gasteiger partial charge in [0.05, 0.1) is 52.4 Å². The van der Waals surface area contributed by atoms with Crippen molar-refractivity contribution in [2.45, 2.75) is 227 Å². The van der Waals surface area contributed by atoms with Crippen molar-refractivity contribution in [2.24, 2.45) is 0 Å². The molecule has 20 N–H and O–H groups in total. The van der Waals surface area contributed by atoms with Gasteiger partial charge in [-0.1, -0.05) is 5.21 Å². The normalized spacial score (nSPS) is 50.9. The number of hydrogen-bond acceptors (Lipinski definition) is 39. The largest absolute Gasteiger partial charge is 1.00 e. The molecule has 0 unspecified atom stereocenters. The molecule has 40 nitrogen and oxygen atoms in total. The molecule has 0 aromatic carbocycles. The van der Waals surface area contributed by atoms with E-state index in [1.54, 1.807) is 0 Å². The molecule has 22 rings (SSSR count). The zero-order chi connectivity index (χ0) is 61.8. The smallest absolute Gasteiger partial charge is 0.743 e. The molecule has 0 spiro atoms. The van der Waals surface area contributed by atoms with Crippen molar-refractivity contribution in [1.82, 2.24) is 15.0 Å². The van der Waals surface area contributed by atoms with Crippen LogP contribution in [0.5, 0.6) is 0 Å². The van der Waals surface area contributed by atoms with Gasteiger partial charge in [0.25, 0.3) is 0 Å². The van der Waals surface area contributed by atoms with Crippen LogP contribution in [0.4, 0.5) is 0 Å². The van der Waals surface area contributed by atoms with Crippen molar-refractivity contribution in [1.29, 1.82) is 0 Å². The molecular formula is C44H70N3NaO37S. The first kappa shape index (κ1) is 70.6. The van der Waals surface area contributed by atoms with E-state index in [9.17, 15) is 115 Å². The van der Waals surface area contributed by atoms with Crippen LogP contribution in [0.15, 0.2) is 11.2 Å². The summed E-state index contributed by atoms with van der Waals surface area (Å²) in [6.07, 6.45) is -72.2. The molecule has 14 bridgehead atoms. The molecule has 86 heavy (non-hydrogen) atoms. The van der Waals surface area contributed by atoms with Gasteiger partial charge in [-0.3, -0.25) is 0 Å². The van der Waals surface area contributed by atoms with Crippen LogP contribution in [0, 0.1) is 0 Å². The number of aliphatic hydroxyl groups excluding tert-OH is 20. The monoisotopic (exact) mass is 1290 g/mol. The fourth-order valence-corrected chi connectivity index (χ4v) is 11.5. The van der Waals surface area contributed by atoms with Crippen LogP contribution in [0.1, 0.15) is 0 Å². The summed E-state index contributed by atoms with van der Waals surface area (Å²) < 4.78 is 116. The van der Waals surface area contributed by atoms with Crippen molar-refractivity contribution in [3.63, 3.8) is 0 Å². The van der Waals surface area contributed by atoms with E-state index in [1.165, 1.54) is 0 Å². The van der Waals surface area contributed by atoms with E-state index in [1.807, 2.05) is 0 Å². The van der Waals surface area contributed by atoms with Crippen molar-refractivity contribution in [3.8, 4) is 0 Å². The molecule has 22 heterocycles. The summed E-state index contributed by atoms with van der Waals surface area (Å²) in [6.45, 7) is -7.39. The molecule has 1 aromatic heterocycles. The van der Waals surface area contributed by atoms with Crippen LogP contribution in [0.25, 0.3) is 0 Å². The number of hydrogen-bond donors (Lipinski definition) is 20. The Kier molecular flexibility index (Phi) is 24.1. The summed E-state index contributed by atoms with van der Waals surface area (Å²) in [5.74, 6) is 0. The molecule has 1 aromatic rings. The molecular weight excluding hydrogens is 1220 g/mol. The zero-order valence-electron chi connectivity index (χ0n) is 44.9. The van der Waals surface area contributed by atoms with Gasteiger partial charge >= 0.3 is 29.6 Å². The summed E-state index contributed by atoms with van der Waals surface area (Å²) in [7, 11) is -5.25. The van der Waals surface area contributed by atoms with E-state index >= 15 is 0 Å². The van der Waals surface area contributed by atoms with E-state index in [2.05, 4.69) is 10.3 Å². The number of nitrogens with zero attached hydrogens (tertiary/aromatic N) is 3. The average molecular weight is 1290 g/mol. The molecule has 0 amide bonds. The predicted octanol–water partition coefficient (Wildman–Crippen LogP) is -19.0. The molecule has 42 heteroatoms. The van der Waals surface area contributed by atoms with E-state index in [-0.39, 0.29) is 29.6 Å². The third-order valence-corrected chi connectivity index (χ3v) is 16.4. The Balaban J connectivity index is 0.00000961. The molecule has 21 aliphatic rings. The minimum Gasteiger partial charge on any atom is -0.743 e. The van der Waals surface area contributed by atoms with E-state index in [4.69, 9.17) is 66.3 Å². The summed E-state index contributed by atoms with van der Waals surface area (Å²) in [5, 5.41) is 228. The van der Waals surface area contributed by atoms with Crippen LogP contribution >= 0.6 is 0 Å². The van der Waals surface area contributed by atoms with E-state index < -0.39 is 276 Å². The number of rotatable bonds is 9. The third-order valence-electron chi connectivity index (χ3n) is 15.7. The first-order valence-corrected chi connectivity index (χ1v) is 27.9. The fraction of sp³-hybridized carbons (Fsp3) is 0.955. The van der Waals surface area contributed by atoms with Crippen LogP contribution in [-0.4, -0.2) is 385 Å². The van der Waals surface area contributed by atoms with Gasteiger partial charge in [-0.05, 0) is 0 Å². The van der Waals surface area contributed by atoms with Crippen molar-refractivity contribution < 1.29 is 211 Å². The van der Waals surface area contributed by atoms with Crippen LogP contribution in [0.3, 0.4) is 0 Å². The fourth-order valence-electron chi connectivity index (χ4n) is 11.1. The van der Waals surface area contributed by atoms with Crippen molar-refractivity contribution in [3.05, 3.63) is 6.20 Å². The molecule has 21 fully saturated rings. The molecule has 0 radical (unpaired) electrons. The van der Waals surface area contributed by atoms with Crippen molar-refractivity contribution >= 4 is 10.1 Å². The maximum Gasteiger partial charge on any atom is 1.00 e. The number of aliphatic hydroxyl groups is 20. The Hall–Kier alpha value is -1.31. The van der Waals surface area contributed by atoms with Gasteiger partial charge in [-0.25, -0.2) is 13.1 Å². The number of aromatic nitrogens is 3. The van der Waals surface area contributed by atoms with Gasteiger partial charge in [-0.2, -0.15) is 0 Å². The molecule has 0 aliphatic carbocycles. The summed E-state index contributed by atoms with van der Waals surface area (Å²) in [4.78, 5) is 0. The van der Waals surface area contributed by atoms with Gasteiger partial charge in [0.15, 0.2) is 49.1 Å². The van der Waals surface area contributed by atoms with E-state index in [0.29, 0.717) is 10.9 Å². The predicted molar refractivity (Wildman–Crippen MR) is 249 cm³/mol. The Morgan fingerprint density at radius 3 is 0.698 bits per heavy atom. The maximum absolute atomic E-state index is 11.8. The van der Waals surface area contributed by atoms with Gasteiger partial charge in [-0.15, -0.1) is 5.10 Å². The minimum atomic E-state index is -5.25. The first-order valence-electron chi connectivity index (χ1n) is 26.5. The second kappa shape index (κ2) is 29.3. The third kappa shape index (κ3) is 14.1. The van der Waals surface area contributed by atoms with Crippen molar-refractivity contribution in [2.75, 3.05) is 39.6 Å². The van der Waals surface area contributed by atoms with Crippen LogP contribution in [-0.2, 0) is 83.0 Å². The molecule has 35 atom stereocenters. The van der Waals surface area contributed by atoms with Crippen LogP contribution < -0.4 is 29.6 Å². The second-order valence-corrected chi connectivity index (χ2v) is 22.5. The van der Waals surface area contributed by atoms with Crippen LogP contribution in [0.2, 0.25) is 0 Å². The van der Waals surface area contributed by atoms with Gasteiger partial charge in [0.1, 0.15) is 181 Å². The number of ether oxygens (including phenoxy) is 14. The molecule has 0 saturated carbocycles. The van der Waals surface area contributed by atoms with Gasteiger partial charge < -0.3 is 173 Å². The topological polar surface area (TPSA) is 622 Å². The Morgan fingerprint density at radius 1 is 0.337 bits per heavy atom. The molecule has 490 valence electrons. The van der Waals surface area contributed by atoms with Gasteiger partial charge in [0.2, 0.25) is 0 Å². The Bertz CT molecular complexity index is 2400. The maximum atomic E-state index is 11.8. The van der Waals surface area contributed by atoms with Gasteiger partial charge in [0, 0.05) is 0 Å². The zero-order valence-corrected chi connectivity index (χ0v) is 47.7. The van der Waals surface area contributed by atoms with E-state index in [0.717, 1.165) is 0 Å². The Morgan fingerprint density at radius 2 is 0.523 bits per heavy atom. The standard InChI is InChI=1S/C44H71N3O37S.Na/c48-3-10-32-19(56)26(63)40(73-10)81-34-12(5-50)75-42(28(65)21(34)58)83-36-14(7-52)77-44(30(67)23(36)60)84-37-15(8-53)76-43(29(66)22(37)59)82-35-13(6-51)74-41(27(64)20(35)57)80-33-11(4-49)72-39(25(62)18(33)55)78-31-9(71-38(79-32)24(61)17(31)54)1-47-2-16(45-46-47)85(68,69)70;/h2,9-15,17-44,48-67H,1,3-8H2,(H,68,69,70);/q;+1/p-1/t9-,10-,11-,12-,13-,14-,15-,17-,18-,19-,20-,21-,22-,23-,24-,25-,26-,27-,28-,29-,30-,31-,32-,33-,34-,35-,36-,37-,38-,39-,40-,41-,42-,43-,44-;/m1./s1. The second-order valence-electron chi connectivity index (χ2n) is 21.2. The minimum absolute atomic E-state index is 0. The summed E-state index contributed by atoms with van der Waals surface area (Å²) >= 11 is 0. The average Bonchev–Trinajstić information content (AvgIpc) is 1.97. The summed E-state index contributed by atoms with van der Waals surface area (Å²) in [6, 6.07) is 0. The molecule has 21 saturated heterocycles. The first-order chi connectivity index (χ1) is 40.3. The Labute approximate surface area is 506 Å². The summed E-state index contributed by atoms with van der Waals surface area (Å²) in [5.41, 5.74) is 0. The quantitative estimate of drug-likeness (QED) is 0.0806. The molecule has 21 aliphatic heterocycles. The SMILES string of the molecule is O=S(=O)([O-])c1cn(C[C@H]2O[C@@H]3O[C@H]4[C@H](O)[C@@H](O)[C@@H](O[C@H]5[C@H](O)[C@@H](O)[C@@H](O[C@H]6[C@H](O)[C@@H](O)[C@@H](O[C@H]7[C@H](O)[C@@H](O)[C@@H](O[C@H]8[C@H](O)[C@@H](O)[C@@H](O[C@H]9[C@H](O)[C@@H](O)[C@@H](O[C@H]2[C@H](O)[C@H]3O)O[C@@H]9CO)O[C@@H]8CO)O[C@@H]7CO)O[C@@H]6CO)O[C@@H]5CO)O[C@@H]4CO)nn1.[Na+].